The number of rotatable bonds is 5. The molecule has 1 heterocycles. The molecule has 0 bridgehead atoms. The second-order valence-corrected chi connectivity index (χ2v) is 3.52. The molecule has 0 aliphatic carbocycles. The van der Waals surface area contributed by atoms with Crippen LogP contribution in [0.4, 0.5) is 6.01 Å². The topological polar surface area (TPSA) is 46.3 Å². The van der Waals surface area contributed by atoms with Crippen molar-refractivity contribution in [3.63, 3.8) is 0 Å². The van der Waals surface area contributed by atoms with Gasteiger partial charge in [-0.25, -0.2) is 0 Å². The molecule has 0 aliphatic rings. The van der Waals surface area contributed by atoms with Crippen LogP contribution >= 0.6 is 0 Å². The Bertz CT molecular complexity index is 320. The van der Waals surface area contributed by atoms with E-state index in [4.69, 9.17) is 4.42 Å². The Kier molecular flexibility index (Phi) is 4.34. The van der Waals surface area contributed by atoms with Crippen LogP contribution in [0.25, 0.3) is 0 Å². The van der Waals surface area contributed by atoms with E-state index < -0.39 is 0 Å². The van der Waals surface area contributed by atoms with Gasteiger partial charge in [-0.05, 0) is 13.3 Å². The molecule has 0 saturated heterocycles. The number of carbonyl (C=O) groups excluding carboxylic acids is 1. The molecule has 15 heavy (non-hydrogen) atoms. The monoisotopic (exact) mass is 210 g/mol. The van der Waals surface area contributed by atoms with Crippen LogP contribution in [0.2, 0.25) is 0 Å². The molecule has 0 fully saturated rings. The molecule has 0 aliphatic heterocycles. The summed E-state index contributed by atoms with van der Waals surface area (Å²) in [6.07, 6.45) is 4.06. The smallest absolute Gasteiger partial charge is 0.304 e. The first-order valence-electron chi connectivity index (χ1n) is 5.41. The zero-order valence-corrected chi connectivity index (χ0v) is 9.62. The van der Waals surface area contributed by atoms with Gasteiger partial charge in [0.25, 0.3) is 0 Å². The van der Waals surface area contributed by atoms with Crippen molar-refractivity contribution in [1.29, 1.82) is 0 Å². The molecule has 0 spiro atoms. The van der Waals surface area contributed by atoms with Crippen LogP contribution in [0, 0.1) is 6.92 Å². The summed E-state index contributed by atoms with van der Waals surface area (Å²) in [5.74, 6) is 0.0605. The average molecular weight is 210 g/mol. The minimum atomic E-state index is 0.0605. The third-order valence-corrected chi connectivity index (χ3v) is 2.18. The van der Waals surface area contributed by atoms with E-state index in [0.717, 1.165) is 18.5 Å². The Morgan fingerprint density at radius 1 is 1.53 bits per heavy atom. The van der Waals surface area contributed by atoms with E-state index in [-0.39, 0.29) is 5.91 Å². The molecule has 84 valence electrons. The SMILES string of the molecule is CCCCN(C(=O)CC)c1nc(C)co1. The third kappa shape index (κ3) is 3.08. The standard InChI is InChI=1S/C11H18N2O2/c1-4-6-7-13(10(14)5-2)11-12-9(3)8-15-11/h8H,4-7H2,1-3H3. The summed E-state index contributed by atoms with van der Waals surface area (Å²) in [5.41, 5.74) is 0.801. The fraction of sp³-hybridized carbons (Fsp3) is 0.636. The van der Waals surface area contributed by atoms with Gasteiger partial charge in [-0.15, -0.1) is 0 Å². The van der Waals surface area contributed by atoms with E-state index in [1.807, 2.05) is 13.8 Å². The third-order valence-electron chi connectivity index (χ3n) is 2.18. The molecule has 4 heteroatoms. The van der Waals surface area contributed by atoms with E-state index in [1.165, 1.54) is 0 Å². The lowest BCUT2D eigenvalue weighted by Crippen LogP contribution is -2.31. The number of hydrogen-bond donors (Lipinski definition) is 0. The molecule has 1 rings (SSSR count). The Hall–Kier alpha value is -1.32. The molecule has 0 radical (unpaired) electrons. The first-order chi connectivity index (χ1) is 7.19. The zero-order chi connectivity index (χ0) is 11.3. The van der Waals surface area contributed by atoms with Crippen molar-refractivity contribution in [2.75, 3.05) is 11.4 Å². The predicted molar refractivity (Wildman–Crippen MR) is 58.8 cm³/mol. The normalized spacial score (nSPS) is 10.3. The van der Waals surface area contributed by atoms with Crippen LogP contribution < -0.4 is 4.90 Å². The van der Waals surface area contributed by atoms with Gasteiger partial charge in [0.2, 0.25) is 5.91 Å². The number of carbonyl (C=O) groups is 1. The van der Waals surface area contributed by atoms with Crippen molar-refractivity contribution in [2.24, 2.45) is 0 Å². The van der Waals surface area contributed by atoms with Gasteiger partial charge < -0.3 is 4.42 Å². The zero-order valence-electron chi connectivity index (χ0n) is 9.62. The second-order valence-electron chi connectivity index (χ2n) is 3.52. The number of hydrogen-bond acceptors (Lipinski definition) is 3. The summed E-state index contributed by atoms with van der Waals surface area (Å²) in [7, 11) is 0. The lowest BCUT2D eigenvalue weighted by atomic mass is 10.3. The highest BCUT2D eigenvalue weighted by atomic mass is 16.4. The molecule has 0 atom stereocenters. The molecule has 4 nitrogen and oxygen atoms in total. The maximum atomic E-state index is 11.7. The van der Waals surface area contributed by atoms with Gasteiger partial charge in [0.1, 0.15) is 6.26 Å². The van der Waals surface area contributed by atoms with Crippen molar-refractivity contribution in [3.05, 3.63) is 12.0 Å². The molecule has 0 aromatic carbocycles. The highest BCUT2D eigenvalue weighted by molar-refractivity contribution is 5.90. The molecular formula is C11H18N2O2. The fourth-order valence-corrected chi connectivity index (χ4v) is 1.30. The summed E-state index contributed by atoms with van der Waals surface area (Å²) in [6, 6.07) is 0.424. The Morgan fingerprint density at radius 3 is 2.73 bits per heavy atom. The molecule has 1 amide bonds. The largest absolute Gasteiger partial charge is 0.431 e. The second kappa shape index (κ2) is 5.53. The number of aromatic nitrogens is 1. The molecule has 0 unspecified atom stereocenters. The van der Waals surface area contributed by atoms with Crippen molar-refractivity contribution in [3.8, 4) is 0 Å². The van der Waals surface area contributed by atoms with Crippen LogP contribution in [0.5, 0.6) is 0 Å². The number of amides is 1. The molecule has 1 aromatic heterocycles. The van der Waals surface area contributed by atoms with Crippen LogP contribution in [0.15, 0.2) is 10.7 Å². The average Bonchev–Trinajstić information content (AvgIpc) is 2.65. The Balaban J connectivity index is 2.76. The van der Waals surface area contributed by atoms with Gasteiger partial charge in [-0.1, -0.05) is 20.3 Å². The minimum Gasteiger partial charge on any atom is -0.431 e. The molecule has 1 aromatic rings. The fourth-order valence-electron chi connectivity index (χ4n) is 1.30. The first kappa shape index (κ1) is 11.8. The summed E-state index contributed by atoms with van der Waals surface area (Å²) >= 11 is 0. The number of anilines is 1. The van der Waals surface area contributed by atoms with E-state index >= 15 is 0 Å². The van der Waals surface area contributed by atoms with Crippen molar-refractivity contribution in [2.45, 2.75) is 40.0 Å². The molecular weight excluding hydrogens is 192 g/mol. The van der Waals surface area contributed by atoms with Crippen LogP contribution in [0.1, 0.15) is 38.8 Å². The number of aryl methyl sites for hydroxylation is 1. The summed E-state index contributed by atoms with van der Waals surface area (Å²) < 4.78 is 5.24. The quantitative estimate of drug-likeness (QED) is 0.750. The van der Waals surface area contributed by atoms with Crippen molar-refractivity contribution >= 4 is 11.9 Å². The minimum absolute atomic E-state index is 0.0605. The Labute approximate surface area is 90.3 Å². The van der Waals surface area contributed by atoms with Gasteiger partial charge in [0.05, 0.1) is 5.69 Å². The van der Waals surface area contributed by atoms with E-state index in [9.17, 15) is 4.79 Å². The lowest BCUT2D eigenvalue weighted by Gasteiger charge is -2.17. The van der Waals surface area contributed by atoms with Gasteiger partial charge in [0, 0.05) is 13.0 Å². The van der Waals surface area contributed by atoms with E-state index in [0.29, 0.717) is 19.0 Å². The highest BCUT2D eigenvalue weighted by Gasteiger charge is 2.17. The van der Waals surface area contributed by atoms with Crippen molar-refractivity contribution in [1.82, 2.24) is 4.98 Å². The predicted octanol–water partition coefficient (Wildman–Crippen LogP) is 2.53. The molecule has 0 N–H and O–H groups in total. The number of unbranched alkanes of at least 4 members (excludes halogenated alkanes) is 1. The first-order valence-corrected chi connectivity index (χ1v) is 5.41. The van der Waals surface area contributed by atoms with Crippen LogP contribution in [-0.2, 0) is 4.79 Å². The van der Waals surface area contributed by atoms with Crippen LogP contribution in [-0.4, -0.2) is 17.4 Å². The summed E-state index contributed by atoms with van der Waals surface area (Å²) in [5, 5.41) is 0. The molecule has 0 saturated carbocycles. The van der Waals surface area contributed by atoms with Gasteiger partial charge in [-0.3, -0.25) is 9.69 Å². The van der Waals surface area contributed by atoms with Gasteiger partial charge in [-0.2, -0.15) is 4.98 Å². The van der Waals surface area contributed by atoms with E-state index in [1.54, 1.807) is 11.2 Å². The maximum absolute atomic E-state index is 11.7. The summed E-state index contributed by atoms with van der Waals surface area (Å²) in [6.45, 7) is 6.47. The van der Waals surface area contributed by atoms with Crippen LogP contribution in [0.3, 0.4) is 0 Å². The van der Waals surface area contributed by atoms with Crippen molar-refractivity contribution < 1.29 is 9.21 Å². The lowest BCUT2D eigenvalue weighted by molar-refractivity contribution is -0.118. The Morgan fingerprint density at radius 2 is 2.27 bits per heavy atom. The summed E-state index contributed by atoms with van der Waals surface area (Å²) in [4.78, 5) is 17.4. The number of oxazole rings is 1. The number of nitrogens with zero attached hydrogens (tertiary/aromatic N) is 2. The van der Waals surface area contributed by atoms with Gasteiger partial charge in [0.15, 0.2) is 0 Å². The highest BCUT2D eigenvalue weighted by Crippen LogP contribution is 2.15. The van der Waals surface area contributed by atoms with E-state index in [2.05, 4.69) is 11.9 Å². The van der Waals surface area contributed by atoms with Gasteiger partial charge >= 0.3 is 6.01 Å². The maximum Gasteiger partial charge on any atom is 0.304 e.